The molecule has 4 nitrogen and oxygen atoms in total. The van der Waals surface area contributed by atoms with Gasteiger partial charge in [0.2, 0.25) is 0 Å². The molecule has 1 aromatic heterocycles. The SMILES string of the molecule is CN=C(NCCc1csc(C)n1)NCC(C)(C)SC. The smallest absolute Gasteiger partial charge is 0.191 e. The summed E-state index contributed by atoms with van der Waals surface area (Å²) in [6.45, 7) is 8.21. The highest BCUT2D eigenvalue weighted by Gasteiger charge is 2.15. The van der Waals surface area contributed by atoms with Gasteiger partial charge in [0.1, 0.15) is 0 Å². The molecule has 0 spiro atoms. The van der Waals surface area contributed by atoms with E-state index in [2.05, 4.69) is 46.1 Å². The minimum Gasteiger partial charge on any atom is -0.356 e. The van der Waals surface area contributed by atoms with E-state index in [1.165, 1.54) is 0 Å². The summed E-state index contributed by atoms with van der Waals surface area (Å²) in [6, 6.07) is 0. The Hall–Kier alpha value is -0.750. The number of hydrogen-bond donors (Lipinski definition) is 2. The van der Waals surface area contributed by atoms with Crippen LogP contribution in [0.2, 0.25) is 0 Å². The van der Waals surface area contributed by atoms with Gasteiger partial charge in [0.15, 0.2) is 5.96 Å². The molecule has 2 N–H and O–H groups in total. The van der Waals surface area contributed by atoms with Crippen molar-refractivity contribution in [3.8, 4) is 0 Å². The van der Waals surface area contributed by atoms with Gasteiger partial charge >= 0.3 is 0 Å². The number of nitrogens with zero attached hydrogens (tertiary/aromatic N) is 2. The Morgan fingerprint density at radius 2 is 2.21 bits per heavy atom. The highest BCUT2D eigenvalue weighted by atomic mass is 32.2. The maximum Gasteiger partial charge on any atom is 0.191 e. The van der Waals surface area contributed by atoms with Crippen LogP contribution in [0.5, 0.6) is 0 Å². The number of nitrogens with one attached hydrogen (secondary N) is 2. The summed E-state index contributed by atoms with van der Waals surface area (Å²) in [5.74, 6) is 0.856. The number of thioether (sulfide) groups is 1. The minimum atomic E-state index is 0.212. The van der Waals surface area contributed by atoms with Crippen molar-refractivity contribution in [1.82, 2.24) is 15.6 Å². The van der Waals surface area contributed by atoms with E-state index in [-0.39, 0.29) is 4.75 Å². The molecule has 0 bridgehead atoms. The van der Waals surface area contributed by atoms with Gasteiger partial charge in [-0.15, -0.1) is 11.3 Å². The molecule has 1 heterocycles. The molecule has 0 atom stereocenters. The van der Waals surface area contributed by atoms with Crippen LogP contribution < -0.4 is 10.6 Å². The molecule has 19 heavy (non-hydrogen) atoms. The normalized spacial score (nSPS) is 12.6. The summed E-state index contributed by atoms with van der Waals surface area (Å²) < 4.78 is 0.212. The maximum atomic E-state index is 4.45. The molecular formula is C13H24N4S2. The maximum absolute atomic E-state index is 4.45. The lowest BCUT2D eigenvalue weighted by Crippen LogP contribution is -2.43. The summed E-state index contributed by atoms with van der Waals surface area (Å²) in [5, 5.41) is 9.91. The second-order valence-corrected chi connectivity index (χ2v) is 7.50. The molecule has 0 unspecified atom stereocenters. The largest absolute Gasteiger partial charge is 0.356 e. The first-order chi connectivity index (χ1) is 8.96. The third kappa shape index (κ3) is 6.29. The number of aliphatic imine (C=N–C) groups is 1. The van der Waals surface area contributed by atoms with Gasteiger partial charge in [0.05, 0.1) is 10.7 Å². The van der Waals surface area contributed by atoms with E-state index in [1.807, 2.05) is 18.7 Å². The molecule has 0 fully saturated rings. The van der Waals surface area contributed by atoms with E-state index < -0.39 is 0 Å². The summed E-state index contributed by atoms with van der Waals surface area (Å²) in [5.41, 5.74) is 1.15. The van der Waals surface area contributed by atoms with Crippen LogP contribution in [0, 0.1) is 6.92 Å². The molecular weight excluding hydrogens is 276 g/mol. The molecule has 0 radical (unpaired) electrons. The lowest BCUT2D eigenvalue weighted by Gasteiger charge is -2.23. The van der Waals surface area contributed by atoms with Crippen molar-refractivity contribution in [3.05, 3.63) is 16.1 Å². The third-order valence-corrected chi connectivity index (χ3v) is 4.87. The molecule has 1 rings (SSSR count). The number of aromatic nitrogens is 1. The number of hydrogen-bond acceptors (Lipinski definition) is 4. The Morgan fingerprint density at radius 1 is 1.47 bits per heavy atom. The second kappa shape index (κ2) is 7.75. The summed E-state index contributed by atoms with van der Waals surface area (Å²) in [7, 11) is 1.80. The van der Waals surface area contributed by atoms with Gasteiger partial charge in [-0.05, 0) is 27.0 Å². The predicted octanol–water partition coefficient (Wildman–Crippen LogP) is 2.30. The average molecular weight is 300 g/mol. The van der Waals surface area contributed by atoms with Gasteiger partial charge in [-0.25, -0.2) is 4.98 Å². The third-order valence-electron chi connectivity index (χ3n) is 2.80. The van der Waals surface area contributed by atoms with E-state index in [1.54, 1.807) is 18.4 Å². The van der Waals surface area contributed by atoms with Crippen LogP contribution in [0.25, 0.3) is 0 Å². The number of thiazole rings is 1. The number of guanidine groups is 1. The van der Waals surface area contributed by atoms with Gasteiger partial charge in [0.25, 0.3) is 0 Å². The fourth-order valence-electron chi connectivity index (χ4n) is 1.42. The van der Waals surface area contributed by atoms with Gasteiger partial charge in [-0.2, -0.15) is 11.8 Å². The summed E-state index contributed by atoms with van der Waals surface area (Å²) in [4.78, 5) is 8.68. The minimum absolute atomic E-state index is 0.212. The lowest BCUT2D eigenvalue weighted by atomic mass is 10.2. The lowest BCUT2D eigenvalue weighted by molar-refractivity contribution is 0.663. The van der Waals surface area contributed by atoms with Crippen LogP contribution in [0.4, 0.5) is 0 Å². The molecule has 0 aromatic carbocycles. The van der Waals surface area contributed by atoms with Crippen LogP contribution in [0.3, 0.4) is 0 Å². The Kier molecular flexibility index (Phi) is 6.65. The zero-order valence-corrected chi connectivity index (χ0v) is 14.0. The van der Waals surface area contributed by atoms with Crippen molar-refractivity contribution in [3.63, 3.8) is 0 Å². The standard InChI is InChI=1S/C13H24N4S2/c1-10-17-11(8-19-10)6-7-15-12(14-4)16-9-13(2,3)18-5/h8H,6-7,9H2,1-5H3,(H2,14,15,16). The summed E-state index contributed by atoms with van der Waals surface area (Å²) >= 11 is 3.55. The second-order valence-electron chi connectivity index (χ2n) is 4.92. The Bertz CT molecular complexity index is 413. The van der Waals surface area contributed by atoms with E-state index in [0.717, 1.165) is 36.2 Å². The first kappa shape index (κ1) is 16.3. The fraction of sp³-hybridized carbons (Fsp3) is 0.692. The van der Waals surface area contributed by atoms with Crippen LogP contribution in [-0.4, -0.2) is 42.1 Å². The number of rotatable bonds is 6. The fourth-order valence-corrected chi connectivity index (χ4v) is 2.29. The van der Waals surface area contributed by atoms with Gasteiger partial charge in [0, 0.05) is 36.7 Å². The van der Waals surface area contributed by atoms with Crippen molar-refractivity contribution in [2.75, 3.05) is 26.4 Å². The highest BCUT2D eigenvalue weighted by Crippen LogP contribution is 2.19. The molecule has 0 aliphatic heterocycles. The Morgan fingerprint density at radius 3 is 2.74 bits per heavy atom. The van der Waals surface area contributed by atoms with E-state index in [0.29, 0.717) is 0 Å². The predicted molar refractivity (Wildman–Crippen MR) is 87.5 cm³/mol. The van der Waals surface area contributed by atoms with Crippen molar-refractivity contribution < 1.29 is 0 Å². The molecule has 108 valence electrons. The first-order valence-corrected chi connectivity index (χ1v) is 8.48. The Labute approximate surface area is 124 Å². The topological polar surface area (TPSA) is 49.3 Å². The molecule has 0 aliphatic rings. The highest BCUT2D eigenvalue weighted by molar-refractivity contribution is 7.99. The van der Waals surface area contributed by atoms with Crippen LogP contribution >= 0.6 is 23.1 Å². The van der Waals surface area contributed by atoms with Crippen molar-refractivity contribution >= 4 is 29.1 Å². The van der Waals surface area contributed by atoms with Gasteiger partial charge in [-0.1, -0.05) is 0 Å². The van der Waals surface area contributed by atoms with Crippen LogP contribution in [0.15, 0.2) is 10.4 Å². The average Bonchev–Trinajstić information content (AvgIpc) is 2.79. The molecule has 1 aromatic rings. The van der Waals surface area contributed by atoms with Gasteiger partial charge in [-0.3, -0.25) is 4.99 Å². The summed E-state index contributed by atoms with van der Waals surface area (Å²) in [6.07, 6.45) is 3.05. The van der Waals surface area contributed by atoms with Crippen LogP contribution in [-0.2, 0) is 6.42 Å². The van der Waals surface area contributed by atoms with Crippen molar-refractivity contribution in [1.29, 1.82) is 0 Å². The van der Waals surface area contributed by atoms with Crippen LogP contribution in [0.1, 0.15) is 24.5 Å². The molecule has 6 heteroatoms. The zero-order valence-electron chi connectivity index (χ0n) is 12.4. The Balaban J connectivity index is 2.30. The quantitative estimate of drug-likeness (QED) is 0.625. The molecule has 0 aliphatic carbocycles. The van der Waals surface area contributed by atoms with E-state index >= 15 is 0 Å². The molecule has 0 amide bonds. The molecule has 0 saturated heterocycles. The molecule has 0 saturated carbocycles. The van der Waals surface area contributed by atoms with E-state index in [4.69, 9.17) is 0 Å². The zero-order chi connectivity index (χ0) is 14.3. The first-order valence-electron chi connectivity index (χ1n) is 6.37. The van der Waals surface area contributed by atoms with Gasteiger partial charge < -0.3 is 10.6 Å². The monoisotopic (exact) mass is 300 g/mol. The number of aryl methyl sites for hydroxylation is 1. The van der Waals surface area contributed by atoms with Crippen molar-refractivity contribution in [2.24, 2.45) is 4.99 Å². The van der Waals surface area contributed by atoms with Crippen molar-refractivity contribution in [2.45, 2.75) is 31.9 Å². The van der Waals surface area contributed by atoms with E-state index in [9.17, 15) is 0 Å².